The molecule has 2 aliphatic rings. The molecule has 2 aromatic rings. The predicted molar refractivity (Wildman–Crippen MR) is 136 cm³/mol. The van der Waals surface area contributed by atoms with Gasteiger partial charge in [-0.2, -0.15) is 0 Å². The molecule has 2 aliphatic heterocycles. The van der Waals surface area contributed by atoms with Gasteiger partial charge in [-0.1, -0.05) is 79.6 Å². The normalized spacial score (nSPS) is 22.8. The summed E-state index contributed by atoms with van der Waals surface area (Å²) in [6, 6.07) is 19.1. The molecule has 0 saturated carbocycles. The van der Waals surface area contributed by atoms with Crippen LogP contribution in [0.4, 0.5) is 9.59 Å². The van der Waals surface area contributed by atoms with Crippen LogP contribution in [0, 0.1) is 11.8 Å². The molecule has 0 aliphatic carbocycles. The minimum atomic E-state index is -0.355. The van der Waals surface area contributed by atoms with Crippen molar-refractivity contribution in [2.75, 3.05) is 26.2 Å². The van der Waals surface area contributed by atoms with Crippen LogP contribution in [0.25, 0.3) is 10.4 Å². The van der Waals surface area contributed by atoms with Gasteiger partial charge in [0.15, 0.2) is 0 Å². The fourth-order valence-electron chi connectivity index (χ4n) is 4.08. The maximum atomic E-state index is 11.9. The number of nitrogens with two attached hydrogens (primary N) is 1. The third kappa shape index (κ3) is 7.90. The Morgan fingerprint density at radius 1 is 0.861 bits per heavy atom. The van der Waals surface area contributed by atoms with Crippen LogP contribution < -0.4 is 5.73 Å². The summed E-state index contributed by atoms with van der Waals surface area (Å²) in [7, 11) is 0. The van der Waals surface area contributed by atoms with Crippen molar-refractivity contribution < 1.29 is 19.1 Å². The molecule has 2 aromatic carbocycles. The van der Waals surface area contributed by atoms with Gasteiger partial charge in [-0.3, -0.25) is 0 Å². The number of carbonyl (C=O) groups excluding carboxylic acids is 2. The van der Waals surface area contributed by atoms with Crippen molar-refractivity contribution in [3.05, 3.63) is 82.2 Å². The Morgan fingerprint density at radius 2 is 1.33 bits per heavy atom. The van der Waals surface area contributed by atoms with Crippen LogP contribution in [0.1, 0.15) is 25.0 Å². The van der Waals surface area contributed by atoms with Gasteiger partial charge in [0, 0.05) is 37.1 Å². The summed E-state index contributed by atoms with van der Waals surface area (Å²) in [6.07, 6.45) is -0.625. The van der Waals surface area contributed by atoms with Crippen LogP contribution >= 0.6 is 0 Å². The molecule has 0 unspecified atom stereocenters. The lowest BCUT2D eigenvalue weighted by molar-refractivity contribution is 0.102. The maximum absolute atomic E-state index is 11.9. The number of rotatable bonds is 5. The van der Waals surface area contributed by atoms with Gasteiger partial charge in [0.05, 0.1) is 6.04 Å². The van der Waals surface area contributed by atoms with Crippen molar-refractivity contribution in [2.45, 2.75) is 39.1 Å². The van der Waals surface area contributed by atoms with Crippen molar-refractivity contribution >= 4 is 12.2 Å². The Kier molecular flexibility index (Phi) is 9.97. The van der Waals surface area contributed by atoms with Gasteiger partial charge in [0.25, 0.3) is 0 Å². The fraction of sp³-hybridized carbons (Fsp3) is 0.462. The summed E-state index contributed by atoms with van der Waals surface area (Å²) in [4.78, 5) is 29.7. The van der Waals surface area contributed by atoms with E-state index in [-0.39, 0.29) is 36.8 Å². The molecule has 4 atom stereocenters. The third-order valence-electron chi connectivity index (χ3n) is 6.37. The van der Waals surface area contributed by atoms with Gasteiger partial charge in [0.1, 0.15) is 13.2 Å². The smallest absolute Gasteiger partial charge is 0.410 e. The van der Waals surface area contributed by atoms with E-state index in [9.17, 15) is 9.59 Å². The van der Waals surface area contributed by atoms with Crippen molar-refractivity contribution in [1.29, 1.82) is 0 Å². The van der Waals surface area contributed by atoms with Crippen molar-refractivity contribution in [3.8, 4) is 0 Å². The number of ether oxygens (including phenoxy) is 2. The third-order valence-corrected chi connectivity index (χ3v) is 6.37. The van der Waals surface area contributed by atoms with E-state index in [1.54, 1.807) is 9.80 Å². The molecule has 2 N–H and O–H groups in total. The second-order valence-corrected chi connectivity index (χ2v) is 9.28. The molecule has 2 fully saturated rings. The van der Waals surface area contributed by atoms with E-state index in [2.05, 4.69) is 16.9 Å². The summed E-state index contributed by atoms with van der Waals surface area (Å²) in [5.41, 5.74) is 16.3. The second-order valence-electron chi connectivity index (χ2n) is 9.28. The molecular formula is C26H34N6O4. The molecule has 0 aromatic heterocycles. The van der Waals surface area contributed by atoms with Crippen LogP contribution in [0.3, 0.4) is 0 Å². The zero-order valence-electron chi connectivity index (χ0n) is 20.8. The van der Waals surface area contributed by atoms with Crippen LogP contribution in [-0.4, -0.2) is 60.2 Å². The molecule has 2 heterocycles. The first kappa shape index (κ1) is 26.8. The molecule has 2 amide bonds. The molecule has 0 bridgehead atoms. The van der Waals surface area contributed by atoms with E-state index in [4.69, 9.17) is 20.7 Å². The second kappa shape index (κ2) is 13.4. The van der Waals surface area contributed by atoms with Crippen molar-refractivity contribution in [3.63, 3.8) is 0 Å². The van der Waals surface area contributed by atoms with E-state index in [1.807, 2.05) is 67.6 Å². The van der Waals surface area contributed by atoms with Crippen LogP contribution in [0.5, 0.6) is 0 Å². The number of carbonyl (C=O) groups is 2. The standard InChI is InChI=1S/C13H16N4O2.C13H18N2O2/c1-10-7-17(8-12(10)15-16-14)13(18)19-9-11-5-3-2-4-6-11;1-10-7-15(8-12(10)14)13(16)17-9-11-5-3-2-4-6-11/h2-6,10,12H,7-9H2,1H3;2-6,10,12H,7-9,14H2,1H3/t2*10-,12+/m00/s1. The van der Waals surface area contributed by atoms with Gasteiger partial charge in [-0.15, -0.1) is 0 Å². The van der Waals surface area contributed by atoms with Gasteiger partial charge in [-0.25, -0.2) is 9.59 Å². The van der Waals surface area contributed by atoms with E-state index in [0.717, 1.165) is 11.1 Å². The largest absolute Gasteiger partial charge is 0.445 e. The molecular weight excluding hydrogens is 460 g/mol. The maximum Gasteiger partial charge on any atom is 0.410 e. The molecule has 0 spiro atoms. The number of hydrogen-bond acceptors (Lipinski definition) is 6. The average molecular weight is 495 g/mol. The summed E-state index contributed by atoms with van der Waals surface area (Å²) >= 11 is 0. The highest BCUT2D eigenvalue weighted by Crippen LogP contribution is 2.20. The summed E-state index contributed by atoms with van der Waals surface area (Å²) < 4.78 is 10.5. The quantitative estimate of drug-likeness (QED) is 0.369. The number of nitrogens with zero attached hydrogens (tertiary/aromatic N) is 5. The fourth-order valence-corrected chi connectivity index (χ4v) is 4.08. The van der Waals surface area contributed by atoms with Crippen molar-refractivity contribution in [2.24, 2.45) is 22.7 Å². The average Bonchev–Trinajstić information content (AvgIpc) is 3.44. The molecule has 36 heavy (non-hydrogen) atoms. The zero-order chi connectivity index (χ0) is 25.9. The van der Waals surface area contributed by atoms with Gasteiger partial charge in [-0.05, 0) is 28.5 Å². The SMILES string of the molecule is C[C@H]1CN(C(=O)OCc2ccccc2)C[C@H]1N.C[C@H]1CN(C(=O)OCc2ccccc2)C[C@H]1N=[N+]=[N-]. The summed E-state index contributed by atoms with van der Waals surface area (Å²) in [6.45, 7) is 6.87. The van der Waals surface area contributed by atoms with Gasteiger partial charge < -0.3 is 25.0 Å². The van der Waals surface area contributed by atoms with Gasteiger partial charge in [0.2, 0.25) is 0 Å². The topological polar surface area (TPSA) is 134 Å². The lowest BCUT2D eigenvalue weighted by Gasteiger charge is -2.15. The first-order valence-corrected chi connectivity index (χ1v) is 12.1. The monoisotopic (exact) mass is 494 g/mol. The first-order chi connectivity index (χ1) is 17.4. The van der Waals surface area contributed by atoms with Gasteiger partial charge >= 0.3 is 12.2 Å². The van der Waals surface area contributed by atoms with Crippen LogP contribution in [-0.2, 0) is 22.7 Å². The van der Waals surface area contributed by atoms with Crippen LogP contribution in [0.2, 0.25) is 0 Å². The lowest BCUT2D eigenvalue weighted by Crippen LogP contribution is -2.32. The Balaban J connectivity index is 0.000000202. The van der Waals surface area contributed by atoms with Crippen LogP contribution in [0.15, 0.2) is 65.8 Å². The summed E-state index contributed by atoms with van der Waals surface area (Å²) in [5.74, 6) is 0.513. The molecule has 192 valence electrons. The molecule has 4 rings (SSSR count). The molecule has 10 nitrogen and oxygen atoms in total. The van der Waals surface area contributed by atoms with E-state index >= 15 is 0 Å². The Labute approximate surface area is 211 Å². The minimum absolute atomic E-state index is 0.0688. The Hall–Kier alpha value is -3.75. The zero-order valence-corrected chi connectivity index (χ0v) is 20.8. The first-order valence-electron chi connectivity index (χ1n) is 12.1. The molecule has 2 saturated heterocycles. The highest BCUT2D eigenvalue weighted by molar-refractivity contribution is 5.68. The minimum Gasteiger partial charge on any atom is -0.445 e. The van der Waals surface area contributed by atoms with E-state index in [1.165, 1.54) is 0 Å². The number of hydrogen-bond donors (Lipinski definition) is 1. The Bertz CT molecular complexity index is 1020. The molecule has 10 heteroatoms. The van der Waals surface area contributed by atoms with E-state index in [0.29, 0.717) is 38.7 Å². The van der Waals surface area contributed by atoms with Crippen molar-refractivity contribution in [1.82, 2.24) is 9.80 Å². The number of likely N-dealkylation sites (tertiary alicyclic amines) is 2. The summed E-state index contributed by atoms with van der Waals surface area (Å²) in [5, 5.41) is 3.69. The predicted octanol–water partition coefficient (Wildman–Crippen LogP) is 4.56. The number of benzene rings is 2. The molecule has 0 radical (unpaired) electrons. The highest BCUT2D eigenvalue weighted by atomic mass is 16.6. The Morgan fingerprint density at radius 3 is 1.78 bits per heavy atom. The lowest BCUT2D eigenvalue weighted by atomic mass is 10.1. The van der Waals surface area contributed by atoms with E-state index < -0.39 is 0 Å². The number of amides is 2. The highest BCUT2D eigenvalue weighted by Gasteiger charge is 2.32. The number of azide groups is 1.